The summed E-state index contributed by atoms with van der Waals surface area (Å²) in [4.78, 5) is 14.2. The van der Waals surface area contributed by atoms with Crippen LogP contribution in [0.4, 0.5) is 10.5 Å². The second-order valence-corrected chi connectivity index (χ2v) is 6.92. The van der Waals surface area contributed by atoms with Crippen molar-refractivity contribution in [2.24, 2.45) is 0 Å². The van der Waals surface area contributed by atoms with E-state index in [2.05, 4.69) is 15.4 Å². The Morgan fingerprint density at radius 1 is 1.42 bits per heavy atom. The molecule has 0 radical (unpaired) electrons. The van der Waals surface area contributed by atoms with Crippen LogP contribution in [0.25, 0.3) is 22.0 Å². The molecule has 1 saturated heterocycles. The first kappa shape index (κ1) is 17.2. The van der Waals surface area contributed by atoms with Crippen LogP contribution in [-0.2, 0) is 4.74 Å². The van der Waals surface area contributed by atoms with Gasteiger partial charge in [0.25, 0.3) is 0 Å². The summed E-state index contributed by atoms with van der Waals surface area (Å²) < 4.78 is 7.56. The molecule has 0 spiro atoms. The topological polar surface area (TPSA) is 92.2 Å². The first-order chi connectivity index (χ1) is 12.5. The van der Waals surface area contributed by atoms with Crippen LogP contribution in [0.2, 0.25) is 10.0 Å². The number of amides is 1. The van der Waals surface area contributed by atoms with Gasteiger partial charge in [0.1, 0.15) is 6.23 Å². The standard InChI is InChI=1S/C17H16Cl2N4O3/c18-11-5-12(22-17(24)25)14-10(7-20-16(14)15(11)19)9-6-21-23(8-9)13-3-1-2-4-26-13/h5-8,13,20,22H,1-4H2,(H,24,25). The summed E-state index contributed by atoms with van der Waals surface area (Å²) in [6.07, 6.45) is 7.23. The number of carboxylic acid groups (broad SMARTS) is 1. The number of hydrogen-bond donors (Lipinski definition) is 3. The van der Waals surface area contributed by atoms with Crippen molar-refractivity contribution in [1.29, 1.82) is 0 Å². The van der Waals surface area contributed by atoms with Gasteiger partial charge in [0, 0.05) is 35.5 Å². The van der Waals surface area contributed by atoms with Crippen LogP contribution in [0.15, 0.2) is 24.7 Å². The molecule has 1 aliphatic rings. The molecule has 26 heavy (non-hydrogen) atoms. The van der Waals surface area contributed by atoms with Gasteiger partial charge < -0.3 is 14.8 Å². The van der Waals surface area contributed by atoms with Crippen molar-refractivity contribution < 1.29 is 14.6 Å². The van der Waals surface area contributed by atoms with Crippen LogP contribution < -0.4 is 5.32 Å². The lowest BCUT2D eigenvalue weighted by Crippen LogP contribution is -2.18. The van der Waals surface area contributed by atoms with Gasteiger partial charge in [0.2, 0.25) is 0 Å². The van der Waals surface area contributed by atoms with Crippen molar-refractivity contribution in [2.45, 2.75) is 25.5 Å². The molecule has 1 atom stereocenters. The Morgan fingerprint density at radius 2 is 2.27 bits per heavy atom. The van der Waals surface area contributed by atoms with E-state index in [0.29, 0.717) is 21.6 Å². The summed E-state index contributed by atoms with van der Waals surface area (Å²) in [6.45, 7) is 0.730. The Hall–Kier alpha value is -2.22. The zero-order valence-corrected chi connectivity index (χ0v) is 15.1. The van der Waals surface area contributed by atoms with E-state index >= 15 is 0 Å². The molecule has 4 rings (SSSR count). The smallest absolute Gasteiger partial charge is 0.409 e. The molecular formula is C17H16Cl2N4O3. The van der Waals surface area contributed by atoms with E-state index in [9.17, 15) is 4.79 Å². The van der Waals surface area contributed by atoms with Crippen molar-refractivity contribution in [3.63, 3.8) is 0 Å². The fourth-order valence-electron chi connectivity index (χ4n) is 3.27. The van der Waals surface area contributed by atoms with Crippen molar-refractivity contribution in [2.75, 3.05) is 11.9 Å². The van der Waals surface area contributed by atoms with Gasteiger partial charge in [-0.25, -0.2) is 9.48 Å². The third kappa shape index (κ3) is 3.02. The Balaban J connectivity index is 1.80. The third-order valence-electron chi connectivity index (χ3n) is 4.45. The van der Waals surface area contributed by atoms with E-state index in [1.165, 1.54) is 6.07 Å². The van der Waals surface area contributed by atoms with Crippen LogP contribution >= 0.6 is 23.2 Å². The number of hydrogen-bond acceptors (Lipinski definition) is 3. The molecule has 1 aromatic carbocycles. The predicted octanol–water partition coefficient (Wildman–Crippen LogP) is 5.13. The maximum atomic E-state index is 11.2. The highest BCUT2D eigenvalue weighted by Crippen LogP contribution is 2.41. The molecule has 7 nitrogen and oxygen atoms in total. The molecule has 1 fully saturated rings. The van der Waals surface area contributed by atoms with Crippen LogP contribution in [0.3, 0.4) is 0 Å². The number of aromatic nitrogens is 3. The molecule has 9 heteroatoms. The number of nitrogens with zero attached hydrogens (tertiary/aromatic N) is 2. The Bertz CT molecular complexity index is 976. The molecule has 3 N–H and O–H groups in total. The maximum Gasteiger partial charge on any atom is 0.409 e. The number of H-pyrrole nitrogens is 1. The molecule has 3 heterocycles. The average Bonchev–Trinajstić information content (AvgIpc) is 3.27. The Morgan fingerprint density at radius 3 is 3.00 bits per heavy atom. The van der Waals surface area contributed by atoms with E-state index < -0.39 is 6.09 Å². The van der Waals surface area contributed by atoms with Gasteiger partial charge >= 0.3 is 6.09 Å². The van der Waals surface area contributed by atoms with Crippen molar-refractivity contribution >= 4 is 45.9 Å². The van der Waals surface area contributed by atoms with Crippen molar-refractivity contribution in [3.05, 3.63) is 34.7 Å². The minimum atomic E-state index is -1.18. The number of halogens is 2. The molecule has 3 aromatic rings. The number of ether oxygens (including phenoxy) is 1. The van der Waals surface area contributed by atoms with E-state index in [-0.39, 0.29) is 11.3 Å². The van der Waals surface area contributed by atoms with Gasteiger partial charge in [0.05, 0.1) is 27.4 Å². The second kappa shape index (κ2) is 6.83. The third-order valence-corrected chi connectivity index (χ3v) is 5.24. The van der Waals surface area contributed by atoms with Crippen LogP contribution in [-0.4, -0.2) is 32.6 Å². The monoisotopic (exact) mass is 394 g/mol. The molecule has 0 aliphatic carbocycles. The fourth-order valence-corrected chi connectivity index (χ4v) is 3.67. The molecule has 136 valence electrons. The first-order valence-corrected chi connectivity index (χ1v) is 8.95. The summed E-state index contributed by atoms with van der Waals surface area (Å²) in [7, 11) is 0. The summed E-state index contributed by atoms with van der Waals surface area (Å²) in [5.41, 5.74) is 2.54. The molecular weight excluding hydrogens is 379 g/mol. The van der Waals surface area contributed by atoms with Gasteiger partial charge in [-0.05, 0) is 25.3 Å². The quantitative estimate of drug-likeness (QED) is 0.574. The van der Waals surface area contributed by atoms with Crippen LogP contribution in [0, 0.1) is 0 Å². The second-order valence-electron chi connectivity index (χ2n) is 6.13. The van der Waals surface area contributed by atoms with E-state index in [1.807, 2.05) is 6.20 Å². The fraction of sp³-hybridized carbons (Fsp3) is 0.294. The normalized spacial score (nSPS) is 17.5. The highest BCUT2D eigenvalue weighted by Gasteiger charge is 2.20. The molecule has 1 aliphatic heterocycles. The molecule has 2 aromatic heterocycles. The Labute approximate surface area is 158 Å². The maximum absolute atomic E-state index is 11.2. The van der Waals surface area contributed by atoms with Gasteiger partial charge in [-0.2, -0.15) is 5.10 Å². The highest BCUT2D eigenvalue weighted by molar-refractivity contribution is 6.46. The summed E-state index contributed by atoms with van der Waals surface area (Å²) >= 11 is 12.4. The van der Waals surface area contributed by atoms with Crippen LogP contribution in [0.1, 0.15) is 25.5 Å². The van der Waals surface area contributed by atoms with Crippen LogP contribution in [0.5, 0.6) is 0 Å². The zero-order chi connectivity index (χ0) is 18.3. The average molecular weight is 395 g/mol. The molecule has 1 amide bonds. The number of fused-ring (bicyclic) bond motifs is 1. The minimum Gasteiger partial charge on any atom is -0.465 e. The number of aromatic amines is 1. The number of rotatable bonds is 3. The van der Waals surface area contributed by atoms with Gasteiger partial charge in [-0.3, -0.25) is 5.32 Å². The molecule has 0 saturated carbocycles. The summed E-state index contributed by atoms with van der Waals surface area (Å²) in [6, 6.07) is 1.51. The summed E-state index contributed by atoms with van der Waals surface area (Å²) in [5, 5.41) is 17.2. The first-order valence-electron chi connectivity index (χ1n) is 8.19. The Kier molecular flexibility index (Phi) is 4.52. The van der Waals surface area contributed by atoms with Gasteiger partial charge in [-0.1, -0.05) is 23.2 Å². The highest BCUT2D eigenvalue weighted by atomic mass is 35.5. The van der Waals surface area contributed by atoms with Gasteiger partial charge in [-0.15, -0.1) is 0 Å². The number of nitrogens with one attached hydrogen (secondary N) is 2. The zero-order valence-electron chi connectivity index (χ0n) is 13.6. The van der Waals surface area contributed by atoms with E-state index in [4.69, 9.17) is 33.0 Å². The number of benzene rings is 1. The lowest BCUT2D eigenvalue weighted by molar-refractivity contribution is -0.0394. The molecule has 1 unspecified atom stereocenters. The summed E-state index contributed by atoms with van der Waals surface area (Å²) in [5.74, 6) is 0. The SMILES string of the molecule is O=C(O)Nc1cc(Cl)c(Cl)c2[nH]cc(-c3cnn(C4CCCCO4)c3)c12. The van der Waals surface area contributed by atoms with Gasteiger partial charge in [0.15, 0.2) is 0 Å². The van der Waals surface area contributed by atoms with E-state index in [0.717, 1.165) is 37.0 Å². The largest absolute Gasteiger partial charge is 0.465 e. The minimum absolute atomic E-state index is 0.0719. The van der Waals surface area contributed by atoms with Crippen molar-refractivity contribution in [1.82, 2.24) is 14.8 Å². The number of carbonyl (C=O) groups is 1. The number of anilines is 1. The molecule has 0 bridgehead atoms. The van der Waals surface area contributed by atoms with Crippen molar-refractivity contribution in [3.8, 4) is 11.1 Å². The lowest BCUT2D eigenvalue weighted by atomic mass is 10.1. The van der Waals surface area contributed by atoms with E-state index in [1.54, 1.807) is 17.1 Å². The predicted molar refractivity (Wildman–Crippen MR) is 100 cm³/mol. The lowest BCUT2D eigenvalue weighted by Gasteiger charge is -2.22.